The summed E-state index contributed by atoms with van der Waals surface area (Å²) in [5, 5.41) is 0. The molecule has 0 aliphatic rings. The van der Waals surface area contributed by atoms with Gasteiger partial charge in [-0.25, -0.2) is 9.64 Å². The number of hydrogen-bond acceptors (Lipinski definition) is 3. The van der Waals surface area contributed by atoms with Gasteiger partial charge in [0.2, 0.25) is 5.91 Å². The zero-order valence-corrected chi connectivity index (χ0v) is 20.9. The van der Waals surface area contributed by atoms with Gasteiger partial charge < -0.3 is 9.64 Å². The van der Waals surface area contributed by atoms with Crippen molar-refractivity contribution in [1.82, 2.24) is 4.90 Å². The minimum atomic E-state index is -1.08. The van der Waals surface area contributed by atoms with Crippen LogP contribution in [0.5, 0.6) is 0 Å². The van der Waals surface area contributed by atoms with Crippen molar-refractivity contribution in [2.75, 3.05) is 7.11 Å². The van der Waals surface area contributed by atoms with E-state index in [0.717, 1.165) is 40.7 Å². The molecule has 0 aliphatic heterocycles. The number of amides is 1. The van der Waals surface area contributed by atoms with Crippen LogP contribution in [0.2, 0.25) is 0 Å². The van der Waals surface area contributed by atoms with Gasteiger partial charge in [-0.3, -0.25) is 4.79 Å². The standard InChI is InChI=1S/C30H32N2O3/c1-6-7-13-28(33)32(30(2,3)29(34)35-5)21-22-14-16-24(17-15-22)26-20-25(18-19-27(26)31-4)23-11-9-8-10-12-23/h8-12,14-20H,6-7,13,21H2,1-3,5H3. The molecule has 0 unspecified atom stereocenters. The monoisotopic (exact) mass is 468 g/mol. The van der Waals surface area contributed by atoms with E-state index in [1.54, 1.807) is 18.7 Å². The molecular weight excluding hydrogens is 436 g/mol. The first kappa shape index (κ1) is 25.7. The highest BCUT2D eigenvalue weighted by atomic mass is 16.5. The third-order valence-corrected chi connectivity index (χ3v) is 6.23. The van der Waals surface area contributed by atoms with Crippen molar-refractivity contribution in [3.05, 3.63) is 89.8 Å². The molecule has 3 rings (SSSR count). The molecule has 0 aliphatic carbocycles. The summed E-state index contributed by atoms with van der Waals surface area (Å²) in [5.41, 5.74) is 4.32. The summed E-state index contributed by atoms with van der Waals surface area (Å²) in [4.78, 5) is 30.8. The van der Waals surface area contributed by atoms with Gasteiger partial charge >= 0.3 is 5.97 Å². The number of unbranched alkanes of at least 4 members (excludes halogenated alkanes) is 1. The van der Waals surface area contributed by atoms with E-state index in [0.29, 0.717) is 18.7 Å². The molecule has 180 valence electrons. The second-order valence-electron chi connectivity index (χ2n) is 9.04. The van der Waals surface area contributed by atoms with E-state index >= 15 is 0 Å². The lowest BCUT2D eigenvalue weighted by Crippen LogP contribution is -2.53. The molecule has 3 aromatic carbocycles. The van der Waals surface area contributed by atoms with Gasteiger partial charge in [0.15, 0.2) is 5.69 Å². The summed E-state index contributed by atoms with van der Waals surface area (Å²) in [6.07, 6.45) is 2.05. The maximum atomic E-state index is 13.0. The average Bonchev–Trinajstić information content (AvgIpc) is 2.90. The third kappa shape index (κ3) is 5.96. The molecule has 35 heavy (non-hydrogen) atoms. The Kier molecular flexibility index (Phi) is 8.43. The van der Waals surface area contributed by atoms with Crippen LogP contribution in [0.4, 0.5) is 5.69 Å². The average molecular weight is 469 g/mol. The van der Waals surface area contributed by atoms with Crippen LogP contribution in [0, 0.1) is 6.57 Å². The summed E-state index contributed by atoms with van der Waals surface area (Å²) in [6.45, 7) is 13.4. The van der Waals surface area contributed by atoms with Crippen LogP contribution >= 0.6 is 0 Å². The van der Waals surface area contributed by atoms with Crippen LogP contribution in [-0.2, 0) is 20.9 Å². The number of ether oxygens (including phenoxy) is 1. The molecular formula is C30H32N2O3. The Labute approximate surface area is 208 Å². The molecule has 0 bridgehead atoms. The molecule has 0 fully saturated rings. The topological polar surface area (TPSA) is 51.0 Å². The normalized spacial score (nSPS) is 10.9. The summed E-state index contributed by atoms with van der Waals surface area (Å²) in [7, 11) is 1.34. The van der Waals surface area contributed by atoms with Crippen molar-refractivity contribution in [3.63, 3.8) is 0 Å². The van der Waals surface area contributed by atoms with E-state index in [4.69, 9.17) is 11.3 Å². The number of hydrogen-bond donors (Lipinski definition) is 0. The maximum absolute atomic E-state index is 13.0. The van der Waals surface area contributed by atoms with Crippen molar-refractivity contribution >= 4 is 17.6 Å². The summed E-state index contributed by atoms with van der Waals surface area (Å²) >= 11 is 0. The van der Waals surface area contributed by atoms with Crippen molar-refractivity contribution in [2.45, 2.75) is 52.1 Å². The second-order valence-corrected chi connectivity index (χ2v) is 9.04. The number of esters is 1. The minimum Gasteiger partial charge on any atom is -0.467 e. The van der Waals surface area contributed by atoms with Gasteiger partial charge in [0, 0.05) is 13.0 Å². The van der Waals surface area contributed by atoms with E-state index in [1.807, 2.05) is 79.7 Å². The van der Waals surface area contributed by atoms with Gasteiger partial charge in [-0.2, -0.15) is 0 Å². The number of methoxy groups -OCH3 is 1. The first-order valence-electron chi connectivity index (χ1n) is 11.9. The Hall–Kier alpha value is -3.91. The summed E-state index contributed by atoms with van der Waals surface area (Å²) < 4.78 is 4.98. The number of benzene rings is 3. The molecule has 0 heterocycles. The molecule has 0 N–H and O–H groups in total. The van der Waals surface area contributed by atoms with Crippen molar-refractivity contribution in [3.8, 4) is 22.3 Å². The fraction of sp³-hybridized carbons (Fsp3) is 0.300. The van der Waals surface area contributed by atoms with Gasteiger partial charge in [-0.1, -0.05) is 86.1 Å². The van der Waals surface area contributed by atoms with Crippen molar-refractivity contribution in [2.24, 2.45) is 0 Å². The predicted octanol–water partition coefficient (Wildman–Crippen LogP) is 7.04. The maximum Gasteiger partial charge on any atom is 0.331 e. The summed E-state index contributed by atoms with van der Waals surface area (Å²) in [5.74, 6) is -0.518. The lowest BCUT2D eigenvalue weighted by Gasteiger charge is -2.36. The largest absolute Gasteiger partial charge is 0.467 e. The second kappa shape index (κ2) is 11.5. The third-order valence-electron chi connectivity index (χ3n) is 6.23. The van der Waals surface area contributed by atoms with Crippen molar-refractivity contribution in [1.29, 1.82) is 0 Å². The van der Waals surface area contributed by atoms with Crippen LogP contribution in [0.1, 0.15) is 45.6 Å². The fourth-order valence-electron chi connectivity index (χ4n) is 4.07. The summed E-state index contributed by atoms with van der Waals surface area (Å²) in [6, 6.07) is 23.8. The molecule has 0 atom stereocenters. The van der Waals surface area contributed by atoms with E-state index in [9.17, 15) is 9.59 Å². The van der Waals surface area contributed by atoms with E-state index in [2.05, 4.69) is 4.85 Å². The van der Waals surface area contributed by atoms with Crippen LogP contribution in [0.3, 0.4) is 0 Å². The highest BCUT2D eigenvalue weighted by Gasteiger charge is 2.38. The number of carbonyl (C=O) groups excluding carboxylic acids is 2. The number of rotatable bonds is 9. The Balaban J connectivity index is 1.92. The van der Waals surface area contributed by atoms with Crippen LogP contribution in [-0.4, -0.2) is 29.4 Å². The first-order chi connectivity index (χ1) is 16.8. The molecule has 0 aromatic heterocycles. The molecule has 0 saturated carbocycles. The number of carbonyl (C=O) groups is 2. The molecule has 5 heteroatoms. The Bertz CT molecular complexity index is 1210. The predicted molar refractivity (Wildman–Crippen MR) is 140 cm³/mol. The van der Waals surface area contributed by atoms with Crippen LogP contribution in [0.25, 0.3) is 27.1 Å². The zero-order chi connectivity index (χ0) is 25.4. The Morgan fingerprint density at radius 3 is 2.20 bits per heavy atom. The first-order valence-corrected chi connectivity index (χ1v) is 11.9. The minimum absolute atomic E-state index is 0.0721. The Morgan fingerprint density at radius 1 is 0.943 bits per heavy atom. The van der Waals surface area contributed by atoms with E-state index < -0.39 is 11.5 Å². The number of nitrogens with zero attached hydrogens (tertiary/aromatic N) is 2. The van der Waals surface area contributed by atoms with E-state index in [1.165, 1.54) is 7.11 Å². The van der Waals surface area contributed by atoms with Crippen LogP contribution < -0.4 is 0 Å². The fourth-order valence-corrected chi connectivity index (χ4v) is 4.07. The zero-order valence-electron chi connectivity index (χ0n) is 20.9. The lowest BCUT2D eigenvalue weighted by molar-refractivity contribution is -0.160. The van der Waals surface area contributed by atoms with Gasteiger partial charge in [0.25, 0.3) is 0 Å². The molecule has 5 nitrogen and oxygen atoms in total. The van der Waals surface area contributed by atoms with Crippen molar-refractivity contribution < 1.29 is 14.3 Å². The lowest BCUT2D eigenvalue weighted by atomic mass is 9.96. The van der Waals surface area contributed by atoms with Crippen LogP contribution in [0.15, 0.2) is 72.8 Å². The van der Waals surface area contributed by atoms with Gasteiger partial charge in [-0.05, 0) is 48.1 Å². The molecule has 1 amide bonds. The van der Waals surface area contributed by atoms with Gasteiger partial charge in [0.1, 0.15) is 5.54 Å². The Morgan fingerprint density at radius 2 is 1.60 bits per heavy atom. The highest BCUT2D eigenvalue weighted by molar-refractivity contribution is 5.87. The highest BCUT2D eigenvalue weighted by Crippen LogP contribution is 2.35. The SMILES string of the molecule is [C-]#[N+]c1ccc(-c2ccccc2)cc1-c1ccc(CN(C(=O)CCCC)C(C)(C)C(=O)OC)cc1. The smallest absolute Gasteiger partial charge is 0.331 e. The van der Waals surface area contributed by atoms with Gasteiger partial charge in [0.05, 0.1) is 13.7 Å². The van der Waals surface area contributed by atoms with E-state index in [-0.39, 0.29) is 5.91 Å². The molecule has 0 radical (unpaired) electrons. The van der Waals surface area contributed by atoms with Gasteiger partial charge in [-0.15, -0.1) is 0 Å². The molecule has 0 saturated heterocycles. The quantitative estimate of drug-likeness (QED) is 0.250. The molecule has 0 spiro atoms. The molecule has 3 aromatic rings.